The van der Waals surface area contributed by atoms with Crippen molar-refractivity contribution in [3.05, 3.63) is 66.0 Å². The Bertz CT molecular complexity index is 1100. The van der Waals surface area contributed by atoms with E-state index in [1.165, 1.54) is 36.3 Å². The smallest absolute Gasteiger partial charge is 0.416 e. The molecule has 0 bridgehead atoms. The Kier molecular flexibility index (Phi) is 5.07. The molecular weight excluding hydrogens is 395 g/mol. The first-order valence-corrected chi connectivity index (χ1v) is 9.49. The zero-order valence-electron chi connectivity index (χ0n) is 14.9. The lowest BCUT2D eigenvalue weighted by Crippen LogP contribution is -2.17. The van der Waals surface area contributed by atoms with E-state index in [1.54, 1.807) is 19.1 Å². The van der Waals surface area contributed by atoms with Gasteiger partial charge in [0.1, 0.15) is 10.6 Å². The van der Waals surface area contributed by atoms with E-state index >= 15 is 0 Å². The van der Waals surface area contributed by atoms with Crippen LogP contribution in [0.15, 0.2) is 59.8 Å². The number of methoxy groups -OCH3 is 1. The SMILES string of the molecule is COc1ccc(C)cc1S(=O)(=O)Nc1cc(C(F)(F)F)ccc1-n1cccn1. The quantitative estimate of drug-likeness (QED) is 0.689. The normalized spacial score (nSPS) is 12.0. The average molecular weight is 411 g/mol. The number of halogens is 3. The number of alkyl halides is 3. The molecule has 10 heteroatoms. The van der Waals surface area contributed by atoms with Gasteiger partial charge >= 0.3 is 6.18 Å². The number of ether oxygens (including phenoxy) is 1. The first kappa shape index (κ1) is 19.7. The van der Waals surface area contributed by atoms with Crippen molar-refractivity contribution < 1.29 is 26.3 Å². The summed E-state index contributed by atoms with van der Waals surface area (Å²) < 4.78 is 73.9. The van der Waals surface area contributed by atoms with E-state index in [0.29, 0.717) is 5.56 Å². The Morgan fingerprint density at radius 1 is 1.14 bits per heavy atom. The van der Waals surface area contributed by atoms with Crippen LogP contribution in [0, 0.1) is 6.92 Å². The summed E-state index contributed by atoms with van der Waals surface area (Å²) in [5.74, 6) is 0.0747. The summed E-state index contributed by atoms with van der Waals surface area (Å²) >= 11 is 0. The predicted octanol–water partition coefficient (Wildman–Crippen LogP) is 4.01. The number of aromatic nitrogens is 2. The predicted molar refractivity (Wildman–Crippen MR) is 97.1 cm³/mol. The summed E-state index contributed by atoms with van der Waals surface area (Å²) in [6.07, 6.45) is -1.71. The van der Waals surface area contributed by atoms with Gasteiger partial charge in [-0.1, -0.05) is 6.07 Å². The number of hydrogen-bond acceptors (Lipinski definition) is 4. The molecule has 0 aliphatic rings. The molecule has 0 spiro atoms. The number of anilines is 1. The lowest BCUT2D eigenvalue weighted by Gasteiger charge is -2.17. The highest BCUT2D eigenvalue weighted by atomic mass is 32.2. The summed E-state index contributed by atoms with van der Waals surface area (Å²) in [4.78, 5) is -0.182. The number of aryl methyl sites for hydroxylation is 1. The fraction of sp³-hybridized carbons (Fsp3) is 0.167. The summed E-state index contributed by atoms with van der Waals surface area (Å²) in [5, 5.41) is 3.97. The molecule has 3 aromatic rings. The minimum atomic E-state index is -4.64. The second-order valence-electron chi connectivity index (χ2n) is 5.94. The molecule has 0 atom stereocenters. The standard InChI is InChI=1S/C18H16F3N3O3S/c1-12-4-7-16(27-2)17(10-12)28(25,26)23-14-11-13(18(19,20)21)5-6-15(14)24-9-3-8-22-24/h3-11,23H,1-2H3. The number of nitrogens with one attached hydrogen (secondary N) is 1. The van der Waals surface area contributed by atoms with E-state index in [2.05, 4.69) is 9.82 Å². The third-order valence-corrected chi connectivity index (χ3v) is 5.31. The van der Waals surface area contributed by atoms with Crippen LogP contribution in [0.2, 0.25) is 0 Å². The molecule has 1 aromatic heterocycles. The van der Waals surface area contributed by atoms with E-state index in [0.717, 1.165) is 18.2 Å². The monoisotopic (exact) mass is 411 g/mol. The van der Waals surface area contributed by atoms with E-state index in [4.69, 9.17) is 4.74 Å². The van der Waals surface area contributed by atoms with Crippen molar-refractivity contribution in [2.75, 3.05) is 11.8 Å². The third kappa shape index (κ3) is 3.96. The maximum atomic E-state index is 13.1. The van der Waals surface area contributed by atoms with Gasteiger partial charge in [-0.25, -0.2) is 13.1 Å². The molecule has 0 fully saturated rings. The van der Waals surface area contributed by atoms with E-state index in [1.807, 2.05) is 0 Å². The number of nitrogens with zero attached hydrogens (tertiary/aromatic N) is 2. The lowest BCUT2D eigenvalue weighted by molar-refractivity contribution is -0.137. The summed E-state index contributed by atoms with van der Waals surface area (Å²) in [7, 11) is -2.93. The van der Waals surface area contributed by atoms with Crippen molar-refractivity contribution in [3.8, 4) is 11.4 Å². The Morgan fingerprint density at radius 3 is 2.50 bits per heavy atom. The molecule has 0 saturated heterocycles. The van der Waals surface area contributed by atoms with E-state index < -0.39 is 21.8 Å². The molecule has 0 saturated carbocycles. The topological polar surface area (TPSA) is 73.2 Å². The molecule has 0 amide bonds. The second kappa shape index (κ2) is 7.19. The zero-order valence-corrected chi connectivity index (χ0v) is 15.7. The highest BCUT2D eigenvalue weighted by Crippen LogP contribution is 2.35. The Labute approximate surface area is 159 Å². The second-order valence-corrected chi connectivity index (χ2v) is 7.59. The summed E-state index contributed by atoms with van der Waals surface area (Å²) in [5.41, 5.74) is -0.454. The average Bonchev–Trinajstić information content (AvgIpc) is 3.15. The molecule has 3 rings (SSSR count). The Morgan fingerprint density at radius 2 is 1.89 bits per heavy atom. The number of hydrogen-bond donors (Lipinski definition) is 1. The molecule has 2 aromatic carbocycles. The lowest BCUT2D eigenvalue weighted by atomic mass is 10.1. The molecule has 1 N–H and O–H groups in total. The first-order chi connectivity index (χ1) is 13.1. The largest absolute Gasteiger partial charge is 0.495 e. The molecule has 28 heavy (non-hydrogen) atoms. The van der Waals surface area contributed by atoms with Gasteiger partial charge in [-0.05, 0) is 48.9 Å². The van der Waals surface area contributed by atoms with Crippen molar-refractivity contribution in [1.29, 1.82) is 0 Å². The molecule has 0 radical (unpaired) electrons. The van der Waals surface area contributed by atoms with Crippen LogP contribution in [-0.2, 0) is 16.2 Å². The fourth-order valence-corrected chi connectivity index (χ4v) is 3.92. The fourth-order valence-electron chi connectivity index (χ4n) is 2.60. The van der Waals surface area contributed by atoms with Crippen molar-refractivity contribution in [2.45, 2.75) is 18.0 Å². The van der Waals surface area contributed by atoms with Crippen molar-refractivity contribution >= 4 is 15.7 Å². The molecule has 0 aliphatic heterocycles. The maximum Gasteiger partial charge on any atom is 0.416 e. The van der Waals surface area contributed by atoms with Gasteiger partial charge in [0.15, 0.2) is 0 Å². The number of benzene rings is 2. The summed E-state index contributed by atoms with van der Waals surface area (Å²) in [6.45, 7) is 1.69. The third-order valence-electron chi connectivity index (χ3n) is 3.93. The minimum Gasteiger partial charge on any atom is -0.495 e. The van der Waals surface area contributed by atoms with Crippen LogP contribution in [-0.4, -0.2) is 25.3 Å². The van der Waals surface area contributed by atoms with Gasteiger partial charge in [0, 0.05) is 12.4 Å². The van der Waals surface area contributed by atoms with Gasteiger partial charge in [0.2, 0.25) is 0 Å². The van der Waals surface area contributed by atoms with Gasteiger partial charge in [-0.3, -0.25) is 4.72 Å². The van der Waals surface area contributed by atoms with Gasteiger partial charge in [0.25, 0.3) is 10.0 Å². The number of sulfonamides is 1. The molecule has 0 aliphatic carbocycles. The summed E-state index contributed by atoms with van der Waals surface area (Å²) in [6, 6.07) is 8.84. The molecule has 0 unspecified atom stereocenters. The van der Waals surface area contributed by atoms with Gasteiger partial charge in [0.05, 0.1) is 24.0 Å². The minimum absolute atomic E-state index is 0.0747. The van der Waals surface area contributed by atoms with E-state index in [-0.39, 0.29) is 22.0 Å². The Balaban J connectivity index is 2.13. The van der Waals surface area contributed by atoms with Crippen LogP contribution in [0.3, 0.4) is 0 Å². The van der Waals surface area contributed by atoms with Crippen LogP contribution in [0.25, 0.3) is 5.69 Å². The van der Waals surface area contributed by atoms with Crippen LogP contribution >= 0.6 is 0 Å². The van der Waals surface area contributed by atoms with Crippen LogP contribution in [0.1, 0.15) is 11.1 Å². The molecule has 148 valence electrons. The highest BCUT2D eigenvalue weighted by molar-refractivity contribution is 7.92. The zero-order chi connectivity index (χ0) is 20.5. The van der Waals surface area contributed by atoms with Crippen LogP contribution in [0.5, 0.6) is 5.75 Å². The maximum absolute atomic E-state index is 13.1. The highest BCUT2D eigenvalue weighted by Gasteiger charge is 2.32. The van der Waals surface area contributed by atoms with Gasteiger partial charge < -0.3 is 4.74 Å². The van der Waals surface area contributed by atoms with Crippen molar-refractivity contribution in [3.63, 3.8) is 0 Å². The first-order valence-electron chi connectivity index (χ1n) is 8.00. The van der Waals surface area contributed by atoms with Gasteiger partial charge in [-0.2, -0.15) is 18.3 Å². The van der Waals surface area contributed by atoms with Crippen molar-refractivity contribution in [1.82, 2.24) is 9.78 Å². The van der Waals surface area contributed by atoms with Crippen LogP contribution in [0.4, 0.5) is 18.9 Å². The molecule has 1 heterocycles. The van der Waals surface area contributed by atoms with Crippen LogP contribution < -0.4 is 9.46 Å². The van der Waals surface area contributed by atoms with E-state index in [9.17, 15) is 21.6 Å². The molecule has 6 nitrogen and oxygen atoms in total. The van der Waals surface area contributed by atoms with Gasteiger partial charge in [-0.15, -0.1) is 0 Å². The Hall–Kier alpha value is -3.01. The van der Waals surface area contributed by atoms with Crippen molar-refractivity contribution in [2.24, 2.45) is 0 Å². The molecular formula is C18H16F3N3O3S. The number of rotatable bonds is 5.